The van der Waals surface area contributed by atoms with Crippen LogP contribution in [0.5, 0.6) is 0 Å². The van der Waals surface area contributed by atoms with E-state index >= 15 is 0 Å². The number of nitrogens with two attached hydrogens (primary N) is 1. The number of halogens is 1. The normalized spacial score (nSPS) is 12.6. The fourth-order valence-corrected chi connectivity index (χ4v) is 2.91. The van der Waals surface area contributed by atoms with Gasteiger partial charge >= 0.3 is 0 Å². The van der Waals surface area contributed by atoms with E-state index in [1.807, 2.05) is 23.9 Å². The first-order valence-corrected chi connectivity index (χ1v) is 7.96. The Morgan fingerprint density at radius 1 is 1.50 bits per heavy atom. The van der Waals surface area contributed by atoms with Crippen LogP contribution in [0, 0.1) is 5.82 Å². The van der Waals surface area contributed by atoms with Gasteiger partial charge in [-0.3, -0.25) is 4.98 Å². The first-order chi connectivity index (χ1) is 9.63. The second-order valence-electron chi connectivity index (χ2n) is 4.75. The summed E-state index contributed by atoms with van der Waals surface area (Å²) in [5.74, 6) is 1.82. The van der Waals surface area contributed by atoms with E-state index in [9.17, 15) is 4.39 Å². The predicted octanol–water partition coefficient (Wildman–Crippen LogP) is 3.90. The number of hydrogen-bond donors (Lipinski definition) is 2. The minimum atomic E-state index is -0.344. The van der Waals surface area contributed by atoms with Crippen molar-refractivity contribution in [2.24, 2.45) is 0 Å². The number of anilines is 2. The molecule has 2 rings (SSSR count). The van der Waals surface area contributed by atoms with Crippen LogP contribution in [-0.2, 0) is 0 Å². The summed E-state index contributed by atoms with van der Waals surface area (Å²) in [6, 6.07) is 5.22. The molecule has 3 N–H and O–H groups in total. The van der Waals surface area contributed by atoms with Crippen LogP contribution < -0.4 is 11.1 Å². The van der Waals surface area contributed by atoms with Crippen LogP contribution >= 0.6 is 11.8 Å². The number of fused-ring (bicyclic) bond motifs is 1. The first kappa shape index (κ1) is 14.9. The van der Waals surface area contributed by atoms with E-state index in [1.165, 1.54) is 6.07 Å². The van der Waals surface area contributed by atoms with E-state index in [0.717, 1.165) is 23.3 Å². The maximum absolute atomic E-state index is 14.1. The Morgan fingerprint density at radius 2 is 2.30 bits per heavy atom. The Labute approximate surface area is 123 Å². The Morgan fingerprint density at radius 3 is 3.05 bits per heavy atom. The SMILES string of the molecule is CCSCCC(C)Nc1c(F)cc(N)c2cccnc12. The van der Waals surface area contributed by atoms with Gasteiger partial charge in [-0.25, -0.2) is 4.39 Å². The Kier molecular flexibility index (Phi) is 5.06. The molecule has 0 fully saturated rings. The van der Waals surface area contributed by atoms with Crippen molar-refractivity contribution >= 4 is 34.0 Å². The summed E-state index contributed by atoms with van der Waals surface area (Å²) in [5.41, 5.74) is 7.31. The zero-order valence-electron chi connectivity index (χ0n) is 11.8. The fraction of sp³-hybridized carbons (Fsp3) is 0.400. The molecule has 1 aromatic carbocycles. The van der Waals surface area contributed by atoms with Gasteiger partial charge in [0.15, 0.2) is 5.82 Å². The van der Waals surface area contributed by atoms with Crippen molar-refractivity contribution in [2.45, 2.75) is 26.3 Å². The third-order valence-corrected chi connectivity index (χ3v) is 4.10. The molecule has 0 saturated carbocycles. The topological polar surface area (TPSA) is 50.9 Å². The number of rotatable bonds is 6. The molecule has 1 heterocycles. The molecule has 108 valence electrons. The van der Waals surface area contributed by atoms with Gasteiger partial charge < -0.3 is 11.1 Å². The molecule has 1 unspecified atom stereocenters. The second-order valence-corrected chi connectivity index (χ2v) is 6.15. The molecule has 20 heavy (non-hydrogen) atoms. The van der Waals surface area contributed by atoms with E-state index in [-0.39, 0.29) is 11.9 Å². The van der Waals surface area contributed by atoms with Gasteiger partial charge in [-0.05, 0) is 43.0 Å². The van der Waals surface area contributed by atoms with E-state index in [1.54, 1.807) is 6.20 Å². The third-order valence-electron chi connectivity index (χ3n) is 3.17. The van der Waals surface area contributed by atoms with E-state index in [4.69, 9.17) is 5.73 Å². The Balaban J connectivity index is 2.25. The van der Waals surface area contributed by atoms with Gasteiger partial charge in [-0.1, -0.05) is 6.92 Å². The minimum Gasteiger partial charge on any atom is -0.398 e. The molecule has 0 bridgehead atoms. The molecule has 3 nitrogen and oxygen atoms in total. The van der Waals surface area contributed by atoms with Crippen molar-refractivity contribution in [1.29, 1.82) is 0 Å². The minimum absolute atomic E-state index is 0.192. The van der Waals surface area contributed by atoms with Crippen molar-refractivity contribution < 1.29 is 4.39 Å². The highest BCUT2D eigenvalue weighted by atomic mass is 32.2. The lowest BCUT2D eigenvalue weighted by Crippen LogP contribution is -2.17. The van der Waals surface area contributed by atoms with Crippen molar-refractivity contribution in [2.75, 3.05) is 22.6 Å². The zero-order valence-corrected chi connectivity index (χ0v) is 12.6. The van der Waals surface area contributed by atoms with Crippen molar-refractivity contribution in [1.82, 2.24) is 4.98 Å². The summed E-state index contributed by atoms with van der Waals surface area (Å²) < 4.78 is 14.1. The molecule has 0 aliphatic heterocycles. The first-order valence-electron chi connectivity index (χ1n) is 6.80. The molecule has 1 aromatic heterocycles. The highest BCUT2D eigenvalue weighted by molar-refractivity contribution is 7.99. The molecule has 0 aliphatic rings. The van der Waals surface area contributed by atoms with Crippen LogP contribution in [0.15, 0.2) is 24.4 Å². The molecule has 1 atom stereocenters. The number of hydrogen-bond acceptors (Lipinski definition) is 4. The van der Waals surface area contributed by atoms with Gasteiger partial charge in [-0.2, -0.15) is 11.8 Å². The number of nitrogens with one attached hydrogen (secondary N) is 1. The van der Waals surface area contributed by atoms with Crippen LogP contribution in [0.2, 0.25) is 0 Å². The maximum Gasteiger partial charge on any atom is 0.150 e. The summed E-state index contributed by atoms with van der Waals surface area (Å²) in [6.07, 6.45) is 2.64. The molecular formula is C15H20FN3S. The van der Waals surface area contributed by atoms with Gasteiger partial charge in [0.05, 0.1) is 11.2 Å². The molecule has 0 saturated heterocycles. The van der Waals surface area contributed by atoms with Crippen LogP contribution in [0.3, 0.4) is 0 Å². The molecule has 2 aromatic rings. The average molecular weight is 293 g/mol. The van der Waals surface area contributed by atoms with Crippen LogP contribution in [0.1, 0.15) is 20.3 Å². The number of benzene rings is 1. The van der Waals surface area contributed by atoms with E-state index in [0.29, 0.717) is 16.9 Å². The average Bonchev–Trinajstić information content (AvgIpc) is 2.44. The highest BCUT2D eigenvalue weighted by Crippen LogP contribution is 2.30. The number of thioether (sulfide) groups is 1. The summed E-state index contributed by atoms with van der Waals surface area (Å²) in [6.45, 7) is 4.20. The lowest BCUT2D eigenvalue weighted by Gasteiger charge is -2.17. The lowest BCUT2D eigenvalue weighted by molar-refractivity contribution is 0.627. The fourth-order valence-electron chi connectivity index (χ4n) is 2.10. The van der Waals surface area contributed by atoms with E-state index < -0.39 is 0 Å². The lowest BCUT2D eigenvalue weighted by atomic mass is 10.1. The van der Waals surface area contributed by atoms with Crippen molar-refractivity contribution in [3.8, 4) is 0 Å². The van der Waals surface area contributed by atoms with E-state index in [2.05, 4.69) is 24.1 Å². The largest absolute Gasteiger partial charge is 0.398 e. The molecule has 5 heteroatoms. The van der Waals surface area contributed by atoms with Gasteiger partial charge in [-0.15, -0.1) is 0 Å². The summed E-state index contributed by atoms with van der Waals surface area (Å²) in [4.78, 5) is 4.26. The number of nitrogen functional groups attached to an aromatic ring is 1. The summed E-state index contributed by atoms with van der Waals surface area (Å²) >= 11 is 1.89. The molecule has 0 spiro atoms. The van der Waals surface area contributed by atoms with Gasteiger partial charge in [0, 0.05) is 23.3 Å². The summed E-state index contributed by atoms with van der Waals surface area (Å²) in [5, 5.41) is 4.02. The molecular weight excluding hydrogens is 273 g/mol. The Hall–Kier alpha value is -1.49. The van der Waals surface area contributed by atoms with Gasteiger partial charge in [0.2, 0.25) is 0 Å². The van der Waals surface area contributed by atoms with Crippen LogP contribution in [0.4, 0.5) is 15.8 Å². The number of nitrogens with zero attached hydrogens (tertiary/aromatic N) is 1. The van der Waals surface area contributed by atoms with Crippen molar-refractivity contribution in [3.05, 3.63) is 30.2 Å². The smallest absolute Gasteiger partial charge is 0.150 e. The van der Waals surface area contributed by atoms with Gasteiger partial charge in [0.1, 0.15) is 0 Å². The monoisotopic (exact) mass is 293 g/mol. The van der Waals surface area contributed by atoms with Crippen LogP contribution in [0.25, 0.3) is 10.9 Å². The summed E-state index contributed by atoms with van der Waals surface area (Å²) in [7, 11) is 0. The zero-order chi connectivity index (χ0) is 14.5. The number of pyridine rings is 1. The number of aromatic nitrogens is 1. The standard InChI is InChI=1S/C15H20FN3S/c1-3-20-8-6-10(2)19-15-12(16)9-13(17)11-5-4-7-18-14(11)15/h4-5,7,9-10,19H,3,6,8,17H2,1-2H3. The quantitative estimate of drug-likeness (QED) is 0.626. The maximum atomic E-state index is 14.1. The van der Waals surface area contributed by atoms with Crippen molar-refractivity contribution in [3.63, 3.8) is 0 Å². The molecule has 0 amide bonds. The predicted molar refractivity (Wildman–Crippen MR) is 86.8 cm³/mol. The van der Waals surface area contributed by atoms with Gasteiger partial charge in [0.25, 0.3) is 0 Å². The highest BCUT2D eigenvalue weighted by Gasteiger charge is 2.13. The molecule has 0 aliphatic carbocycles. The Bertz CT molecular complexity index is 589. The van der Waals surface area contributed by atoms with Crippen LogP contribution in [-0.4, -0.2) is 22.5 Å². The second kappa shape index (κ2) is 6.79. The third kappa shape index (κ3) is 3.33. The molecule has 0 radical (unpaired) electrons.